The molecule has 0 aliphatic rings. The van der Waals surface area contributed by atoms with Crippen LogP contribution in [0.1, 0.15) is 70.7 Å². The van der Waals surface area contributed by atoms with Gasteiger partial charge in [-0.1, -0.05) is 27.7 Å². The molecule has 2 aromatic carbocycles. The standard InChI is InChI=1S/C25H32O8/c1-10(2)18(26)16-21(29)13(6)24(32-7)15(23(16)31)9-14-20(28)12(5)25(33-8)17(22(14)30)19(27)11(3)4/h10-11,28-31H,9H2,1-8H3. The van der Waals surface area contributed by atoms with Gasteiger partial charge in [0, 0.05) is 40.5 Å². The molecule has 0 aromatic heterocycles. The first-order chi connectivity index (χ1) is 15.3. The Bertz CT molecular complexity index is 1110. The Labute approximate surface area is 193 Å². The van der Waals surface area contributed by atoms with Gasteiger partial charge in [0.1, 0.15) is 45.6 Å². The van der Waals surface area contributed by atoms with Gasteiger partial charge in [0.25, 0.3) is 0 Å². The predicted molar refractivity (Wildman–Crippen MR) is 123 cm³/mol. The van der Waals surface area contributed by atoms with E-state index in [2.05, 4.69) is 0 Å². The van der Waals surface area contributed by atoms with Crippen molar-refractivity contribution < 1.29 is 39.5 Å². The summed E-state index contributed by atoms with van der Waals surface area (Å²) < 4.78 is 10.7. The number of hydrogen-bond acceptors (Lipinski definition) is 8. The molecule has 0 bridgehead atoms. The van der Waals surface area contributed by atoms with Crippen LogP contribution in [0.25, 0.3) is 0 Å². The van der Waals surface area contributed by atoms with E-state index in [1.165, 1.54) is 21.1 Å². The molecule has 33 heavy (non-hydrogen) atoms. The zero-order valence-electron chi connectivity index (χ0n) is 20.3. The molecule has 8 nitrogen and oxygen atoms in total. The molecule has 2 aromatic rings. The van der Waals surface area contributed by atoms with Gasteiger partial charge >= 0.3 is 0 Å². The van der Waals surface area contributed by atoms with Crippen LogP contribution in [0.2, 0.25) is 0 Å². The molecule has 0 aliphatic carbocycles. The Morgan fingerprint density at radius 3 is 1.55 bits per heavy atom. The highest BCUT2D eigenvalue weighted by molar-refractivity contribution is 6.04. The second-order valence-electron chi connectivity index (χ2n) is 8.63. The summed E-state index contributed by atoms with van der Waals surface area (Å²) in [6.07, 6.45) is -0.282. The number of ketones is 2. The van der Waals surface area contributed by atoms with Crippen molar-refractivity contribution >= 4 is 11.6 Å². The first-order valence-electron chi connectivity index (χ1n) is 10.6. The quantitative estimate of drug-likeness (QED) is 0.426. The van der Waals surface area contributed by atoms with Gasteiger partial charge in [0.2, 0.25) is 0 Å². The van der Waals surface area contributed by atoms with E-state index in [-0.39, 0.29) is 62.8 Å². The van der Waals surface area contributed by atoms with E-state index in [9.17, 15) is 30.0 Å². The number of carbonyl (C=O) groups is 2. The van der Waals surface area contributed by atoms with Crippen LogP contribution >= 0.6 is 0 Å². The van der Waals surface area contributed by atoms with Crippen LogP contribution in [-0.2, 0) is 6.42 Å². The lowest BCUT2D eigenvalue weighted by molar-refractivity contribution is 0.0925. The molecule has 0 aliphatic heterocycles. The minimum Gasteiger partial charge on any atom is -0.507 e. The number of phenolic OH excluding ortho intramolecular Hbond substituents is 4. The number of rotatable bonds is 8. The molecule has 0 radical (unpaired) electrons. The highest BCUT2D eigenvalue weighted by Gasteiger charge is 2.32. The molecule has 8 heteroatoms. The molecule has 0 amide bonds. The van der Waals surface area contributed by atoms with E-state index >= 15 is 0 Å². The van der Waals surface area contributed by atoms with E-state index in [4.69, 9.17) is 9.47 Å². The van der Waals surface area contributed by atoms with E-state index < -0.39 is 34.9 Å². The fourth-order valence-electron chi connectivity index (χ4n) is 3.86. The van der Waals surface area contributed by atoms with Crippen molar-refractivity contribution in [3.63, 3.8) is 0 Å². The highest BCUT2D eigenvalue weighted by atomic mass is 16.5. The largest absolute Gasteiger partial charge is 0.507 e. The van der Waals surface area contributed by atoms with Crippen LogP contribution < -0.4 is 9.47 Å². The summed E-state index contributed by atoms with van der Waals surface area (Å²) in [6.45, 7) is 9.68. The number of carbonyl (C=O) groups excluding carboxylic acids is 2. The molecule has 0 unspecified atom stereocenters. The van der Waals surface area contributed by atoms with Gasteiger partial charge in [-0.15, -0.1) is 0 Å². The number of hydrogen-bond donors (Lipinski definition) is 4. The van der Waals surface area contributed by atoms with Crippen molar-refractivity contribution in [1.29, 1.82) is 0 Å². The first-order valence-corrected chi connectivity index (χ1v) is 10.6. The second kappa shape index (κ2) is 9.60. The maximum atomic E-state index is 12.8. The zero-order chi connectivity index (χ0) is 25.4. The normalized spacial score (nSPS) is 11.2. The minimum absolute atomic E-state index is 0.0427. The van der Waals surface area contributed by atoms with Gasteiger partial charge < -0.3 is 29.9 Å². The first kappa shape index (κ1) is 25.8. The lowest BCUT2D eigenvalue weighted by atomic mass is 9.88. The van der Waals surface area contributed by atoms with Crippen LogP contribution in [0.4, 0.5) is 0 Å². The average molecular weight is 461 g/mol. The summed E-state index contributed by atoms with van der Waals surface area (Å²) in [7, 11) is 2.67. The van der Waals surface area contributed by atoms with Crippen molar-refractivity contribution in [2.45, 2.75) is 48.0 Å². The lowest BCUT2D eigenvalue weighted by Gasteiger charge is -2.22. The van der Waals surface area contributed by atoms with Crippen molar-refractivity contribution in [3.8, 4) is 34.5 Å². The van der Waals surface area contributed by atoms with Crippen LogP contribution in [0.3, 0.4) is 0 Å². The molecule has 0 atom stereocenters. The van der Waals surface area contributed by atoms with Crippen LogP contribution in [0.15, 0.2) is 0 Å². The van der Waals surface area contributed by atoms with Gasteiger partial charge in [0.15, 0.2) is 11.6 Å². The summed E-state index contributed by atoms with van der Waals surface area (Å²) in [5.74, 6) is -3.42. The topological polar surface area (TPSA) is 134 Å². The fourth-order valence-corrected chi connectivity index (χ4v) is 3.86. The number of phenols is 4. The molecular weight excluding hydrogens is 428 g/mol. The fraction of sp³-hybridized carbons (Fsp3) is 0.440. The third-order valence-electron chi connectivity index (χ3n) is 5.76. The minimum atomic E-state index is -0.516. The van der Waals surface area contributed by atoms with Gasteiger partial charge in [-0.3, -0.25) is 9.59 Å². The summed E-state index contributed by atoms with van der Waals surface area (Å²) in [5, 5.41) is 43.5. The summed E-state index contributed by atoms with van der Waals surface area (Å²) >= 11 is 0. The van der Waals surface area contributed by atoms with Crippen LogP contribution in [0, 0.1) is 25.7 Å². The second-order valence-corrected chi connectivity index (χ2v) is 8.63. The Balaban J connectivity index is 2.91. The maximum Gasteiger partial charge on any atom is 0.172 e. The lowest BCUT2D eigenvalue weighted by Crippen LogP contribution is -2.13. The number of methoxy groups -OCH3 is 2. The van der Waals surface area contributed by atoms with Gasteiger partial charge in [-0.25, -0.2) is 0 Å². The maximum absolute atomic E-state index is 12.8. The number of benzene rings is 2. The van der Waals surface area contributed by atoms with Gasteiger partial charge in [-0.05, 0) is 13.8 Å². The molecular formula is C25H32O8. The van der Waals surface area contributed by atoms with E-state index in [1.54, 1.807) is 34.6 Å². The zero-order valence-corrected chi connectivity index (χ0v) is 20.3. The molecule has 0 heterocycles. The SMILES string of the molecule is COc1c(C)c(O)c(C(=O)C(C)C)c(O)c1Cc1c(O)c(C)c(OC)c(C(=O)C(C)C)c1O. The van der Waals surface area contributed by atoms with Crippen LogP contribution in [-0.4, -0.2) is 46.2 Å². The number of Topliss-reactive ketones (excluding diaryl/α,β-unsaturated/α-hetero) is 2. The van der Waals surface area contributed by atoms with Crippen LogP contribution in [0.5, 0.6) is 34.5 Å². The average Bonchev–Trinajstić information content (AvgIpc) is 2.76. The summed E-state index contributed by atoms with van der Waals surface area (Å²) in [4.78, 5) is 25.6. The molecule has 0 fully saturated rings. The summed E-state index contributed by atoms with van der Waals surface area (Å²) in [6, 6.07) is 0. The highest BCUT2D eigenvalue weighted by Crippen LogP contribution is 2.48. The van der Waals surface area contributed by atoms with Crippen molar-refractivity contribution in [2.75, 3.05) is 14.2 Å². The van der Waals surface area contributed by atoms with Gasteiger partial charge in [0.05, 0.1) is 14.2 Å². The van der Waals surface area contributed by atoms with Crippen molar-refractivity contribution in [3.05, 3.63) is 33.4 Å². The van der Waals surface area contributed by atoms with Crippen molar-refractivity contribution in [2.24, 2.45) is 11.8 Å². The van der Waals surface area contributed by atoms with E-state index in [1.807, 2.05) is 0 Å². The summed E-state index contributed by atoms with van der Waals surface area (Å²) in [5.41, 5.74) is 0.152. The number of aromatic hydroxyl groups is 4. The molecule has 0 saturated carbocycles. The molecule has 0 spiro atoms. The Hall–Kier alpha value is -3.42. The number of ether oxygens (including phenoxy) is 2. The molecule has 4 N–H and O–H groups in total. The van der Waals surface area contributed by atoms with Gasteiger partial charge in [-0.2, -0.15) is 0 Å². The predicted octanol–water partition coefficient (Wildman–Crippen LogP) is 4.41. The van der Waals surface area contributed by atoms with Crippen molar-refractivity contribution in [1.82, 2.24) is 0 Å². The monoisotopic (exact) mass is 460 g/mol. The third kappa shape index (κ3) is 4.29. The molecule has 0 saturated heterocycles. The Kier molecular flexibility index (Phi) is 7.52. The van der Waals surface area contributed by atoms with E-state index in [0.29, 0.717) is 0 Å². The smallest absolute Gasteiger partial charge is 0.172 e. The molecule has 180 valence electrons. The molecule has 2 rings (SSSR count). The Morgan fingerprint density at radius 2 is 1.09 bits per heavy atom. The van der Waals surface area contributed by atoms with E-state index in [0.717, 1.165) is 0 Å². The Morgan fingerprint density at radius 1 is 0.667 bits per heavy atom. The third-order valence-corrected chi connectivity index (χ3v) is 5.76.